The van der Waals surface area contributed by atoms with Gasteiger partial charge in [-0.05, 0) is 69.3 Å². The zero-order valence-electron chi connectivity index (χ0n) is 16.4. The lowest BCUT2D eigenvalue weighted by molar-refractivity contribution is -0.157. The highest BCUT2D eigenvalue weighted by atomic mass is 32.2. The van der Waals surface area contributed by atoms with Crippen molar-refractivity contribution in [2.45, 2.75) is 41.1 Å². The van der Waals surface area contributed by atoms with E-state index >= 15 is 0 Å². The van der Waals surface area contributed by atoms with E-state index < -0.39 is 5.60 Å². The van der Waals surface area contributed by atoms with Gasteiger partial charge in [-0.1, -0.05) is 36.4 Å². The average molecular weight is 394 g/mol. The van der Waals surface area contributed by atoms with E-state index in [-0.39, 0.29) is 23.5 Å². The highest BCUT2D eigenvalue weighted by Crippen LogP contribution is 2.31. The highest BCUT2D eigenvalue weighted by molar-refractivity contribution is 7.97. The molecule has 0 saturated heterocycles. The molecule has 3 rings (SSSR count). The lowest BCUT2D eigenvalue weighted by Crippen LogP contribution is -2.27. The third-order valence-electron chi connectivity index (χ3n) is 3.79. The van der Waals surface area contributed by atoms with Crippen molar-refractivity contribution in [2.75, 3.05) is 6.61 Å². The number of ether oxygens (including phenoxy) is 2. The van der Waals surface area contributed by atoms with Gasteiger partial charge in [0.25, 0.3) is 0 Å². The third kappa shape index (κ3) is 5.64. The molecular formula is C24H25O3S+. The molecule has 3 nitrogen and oxygen atoms in total. The maximum Gasteiger partial charge on any atom is 0.344 e. The second-order valence-corrected chi connectivity index (χ2v) is 9.31. The first kappa shape index (κ1) is 20.0. The van der Waals surface area contributed by atoms with E-state index in [2.05, 4.69) is 60.7 Å². The highest BCUT2D eigenvalue weighted by Gasteiger charge is 2.28. The van der Waals surface area contributed by atoms with Crippen LogP contribution >= 0.6 is 0 Å². The standard InChI is InChI=1S/C24H25O3S/c1-24(2,3)27-23(25)18-26-19-14-16-22(17-15-19)28(20-10-6-4-7-11-20)21-12-8-5-9-13-21/h4-17H,18H2,1-3H3/q+1. The third-order valence-corrected chi connectivity index (χ3v) is 6.02. The Bertz CT molecular complexity index is 845. The van der Waals surface area contributed by atoms with E-state index in [9.17, 15) is 4.79 Å². The van der Waals surface area contributed by atoms with Crippen LogP contribution in [-0.4, -0.2) is 18.2 Å². The van der Waals surface area contributed by atoms with Crippen molar-refractivity contribution in [1.29, 1.82) is 0 Å². The molecule has 0 spiro atoms. The topological polar surface area (TPSA) is 35.5 Å². The molecule has 0 atom stereocenters. The Morgan fingerprint density at radius 3 is 1.68 bits per heavy atom. The van der Waals surface area contributed by atoms with Gasteiger partial charge in [-0.15, -0.1) is 0 Å². The molecule has 0 amide bonds. The Hall–Kier alpha value is -2.72. The molecule has 0 N–H and O–H groups in total. The van der Waals surface area contributed by atoms with E-state index in [1.807, 2.05) is 45.0 Å². The molecule has 0 heterocycles. The fraction of sp³-hybridized carbons (Fsp3) is 0.208. The van der Waals surface area contributed by atoms with Crippen LogP contribution in [-0.2, 0) is 20.4 Å². The number of esters is 1. The van der Waals surface area contributed by atoms with Crippen molar-refractivity contribution in [3.63, 3.8) is 0 Å². The summed E-state index contributed by atoms with van der Waals surface area (Å²) >= 11 is 0. The fourth-order valence-electron chi connectivity index (χ4n) is 2.71. The van der Waals surface area contributed by atoms with Gasteiger partial charge in [0.1, 0.15) is 11.4 Å². The van der Waals surface area contributed by atoms with Crippen molar-refractivity contribution in [1.82, 2.24) is 0 Å². The van der Waals surface area contributed by atoms with E-state index in [0.29, 0.717) is 5.75 Å². The smallest absolute Gasteiger partial charge is 0.344 e. The number of benzene rings is 3. The Morgan fingerprint density at radius 2 is 1.21 bits per heavy atom. The molecule has 0 aliphatic carbocycles. The normalized spacial score (nSPS) is 11.3. The minimum atomic E-state index is -0.510. The summed E-state index contributed by atoms with van der Waals surface area (Å²) in [6.07, 6.45) is 0. The summed E-state index contributed by atoms with van der Waals surface area (Å²) in [5.41, 5.74) is -0.510. The van der Waals surface area contributed by atoms with Crippen LogP contribution in [0.4, 0.5) is 0 Å². The second-order valence-electron chi connectivity index (χ2n) is 7.28. The summed E-state index contributed by atoms with van der Waals surface area (Å²) < 4.78 is 10.9. The summed E-state index contributed by atoms with van der Waals surface area (Å²) in [7, 11) is -0.196. The van der Waals surface area contributed by atoms with Gasteiger partial charge in [0.05, 0.1) is 10.9 Å². The molecule has 3 aromatic carbocycles. The molecule has 28 heavy (non-hydrogen) atoms. The number of hydrogen-bond acceptors (Lipinski definition) is 3. The summed E-state index contributed by atoms with van der Waals surface area (Å²) in [5, 5.41) is 0. The summed E-state index contributed by atoms with van der Waals surface area (Å²) in [5.74, 6) is 0.282. The second kappa shape index (κ2) is 8.98. The van der Waals surface area contributed by atoms with Gasteiger partial charge < -0.3 is 9.47 Å². The molecule has 0 radical (unpaired) electrons. The molecule has 4 heteroatoms. The fourth-order valence-corrected chi connectivity index (χ4v) is 4.79. The Balaban J connectivity index is 1.77. The Labute approximate surface area is 169 Å². The minimum absolute atomic E-state index is 0.0975. The molecule has 144 valence electrons. The van der Waals surface area contributed by atoms with Gasteiger partial charge in [-0.3, -0.25) is 0 Å². The molecule has 0 aliphatic rings. The summed E-state index contributed by atoms with van der Waals surface area (Å²) in [4.78, 5) is 15.5. The van der Waals surface area contributed by atoms with Crippen molar-refractivity contribution >= 4 is 16.9 Å². The van der Waals surface area contributed by atoms with E-state index in [1.54, 1.807) is 0 Å². The Morgan fingerprint density at radius 1 is 0.750 bits per heavy atom. The SMILES string of the molecule is CC(C)(C)OC(=O)COc1ccc([S+](c2ccccc2)c2ccccc2)cc1. The first-order valence-corrected chi connectivity index (χ1v) is 10.4. The molecule has 0 aliphatic heterocycles. The van der Waals surface area contributed by atoms with Crippen molar-refractivity contribution in [3.8, 4) is 5.75 Å². The quantitative estimate of drug-likeness (QED) is 0.410. The molecule has 3 aromatic rings. The summed E-state index contributed by atoms with van der Waals surface area (Å²) in [6.45, 7) is 5.43. The van der Waals surface area contributed by atoms with Crippen LogP contribution in [0.15, 0.2) is 99.6 Å². The van der Waals surface area contributed by atoms with Crippen molar-refractivity contribution in [2.24, 2.45) is 0 Å². The lowest BCUT2D eigenvalue weighted by Gasteiger charge is -2.19. The predicted octanol–water partition coefficient (Wildman–Crippen LogP) is 5.50. The largest absolute Gasteiger partial charge is 0.482 e. The van der Waals surface area contributed by atoms with Crippen LogP contribution in [0, 0.1) is 0 Å². The number of carbonyl (C=O) groups is 1. The summed E-state index contributed by atoms with van der Waals surface area (Å²) in [6, 6.07) is 28.9. The minimum Gasteiger partial charge on any atom is -0.482 e. The number of rotatable bonds is 6. The van der Waals surface area contributed by atoms with Gasteiger partial charge in [0, 0.05) is 0 Å². The van der Waals surface area contributed by atoms with Gasteiger partial charge in [0.15, 0.2) is 21.3 Å². The lowest BCUT2D eigenvalue weighted by atomic mass is 10.2. The van der Waals surface area contributed by atoms with Crippen LogP contribution in [0.3, 0.4) is 0 Å². The molecule has 0 saturated carbocycles. The van der Waals surface area contributed by atoms with Crippen molar-refractivity contribution < 1.29 is 14.3 Å². The molecule has 0 unspecified atom stereocenters. The molecule has 0 bridgehead atoms. The van der Waals surface area contributed by atoms with Crippen molar-refractivity contribution in [3.05, 3.63) is 84.9 Å². The first-order valence-electron chi connectivity index (χ1n) is 9.21. The van der Waals surface area contributed by atoms with Gasteiger partial charge >= 0.3 is 5.97 Å². The Kier molecular flexibility index (Phi) is 6.42. The molecule has 0 aromatic heterocycles. The molecule has 0 fully saturated rings. The van der Waals surface area contributed by atoms with Crippen LogP contribution in [0.1, 0.15) is 20.8 Å². The van der Waals surface area contributed by atoms with Crippen LogP contribution in [0.5, 0.6) is 5.75 Å². The van der Waals surface area contributed by atoms with Crippen LogP contribution in [0.2, 0.25) is 0 Å². The van der Waals surface area contributed by atoms with Crippen LogP contribution < -0.4 is 4.74 Å². The van der Waals surface area contributed by atoms with E-state index in [1.165, 1.54) is 14.7 Å². The van der Waals surface area contributed by atoms with E-state index in [0.717, 1.165) is 0 Å². The number of hydrogen-bond donors (Lipinski definition) is 0. The van der Waals surface area contributed by atoms with Gasteiger partial charge in [-0.2, -0.15) is 0 Å². The number of carbonyl (C=O) groups excluding carboxylic acids is 1. The maximum atomic E-state index is 11.8. The predicted molar refractivity (Wildman–Crippen MR) is 113 cm³/mol. The maximum absolute atomic E-state index is 11.8. The van der Waals surface area contributed by atoms with Crippen LogP contribution in [0.25, 0.3) is 0 Å². The zero-order chi connectivity index (χ0) is 20.0. The van der Waals surface area contributed by atoms with E-state index in [4.69, 9.17) is 9.47 Å². The zero-order valence-corrected chi connectivity index (χ0v) is 17.2. The molecular weight excluding hydrogens is 368 g/mol. The van der Waals surface area contributed by atoms with Gasteiger partial charge in [-0.25, -0.2) is 4.79 Å². The van der Waals surface area contributed by atoms with Gasteiger partial charge in [0.2, 0.25) is 0 Å². The first-order chi connectivity index (χ1) is 13.4. The monoisotopic (exact) mass is 393 g/mol. The average Bonchev–Trinajstić information content (AvgIpc) is 2.68.